The number of aromatic nitrogens is 1. The van der Waals surface area contributed by atoms with E-state index < -0.39 is 40.8 Å². The van der Waals surface area contributed by atoms with Crippen molar-refractivity contribution in [3.63, 3.8) is 0 Å². The highest BCUT2D eigenvalue weighted by Gasteiger charge is 2.20. The van der Waals surface area contributed by atoms with Crippen molar-refractivity contribution in [1.29, 1.82) is 0 Å². The van der Waals surface area contributed by atoms with Crippen LogP contribution in [-0.4, -0.2) is 15.6 Å². The van der Waals surface area contributed by atoms with Crippen molar-refractivity contribution in [2.75, 3.05) is 0 Å². The van der Waals surface area contributed by atoms with Crippen LogP contribution in [0, 0.1) is 17.5 Å². The van der Waals surface area contributed by atoms with Gasteiger partial charge in [0.05, 0.1) is 17.3 Å². The molecule has 0 amide bonds. The van der Waals surface area contributed by atoms with Gasteiger partial charge >= 0.3 is 5.97 Å². The third-order valence-corrected chi connectivity index (χ3v) is 2.96. The van der Waals surface area contributed by atoms with Crippen LogP contribution in [0.4, 0.5) is 13.2 Å². The van der Waals surface area contributed by atoms with Gasteiger partial charge in [-0.2, -0.15) is 0 Å². The normalized spacial score (nSPS) is 11.0. The Labute approximate surface area is 111 Å². The molecule has 0 saturated heterocycles. The Bertz CT molecular complexity index is 768. The predicted molar refractivity (Wildman–Crippen MR) is 65.1 cm³/mol. The highest BCUT2D eigenvalue weighted by Crippen LogP contribution is 2.22. The van der Waals surface area contributed by atoms with E-state index in [-0.39, 0.29) is 17.6 Å². The molecule has 0 aliphatic heterocycles. The monoisotopic (exact) mass is 285 g/mol. The van der Waals surface area contributed by atoms with E-state index in [1.165, 1.54) is 0 Å². The summed E-state index contributed by atoms with van der Waals surface area (Å²) in [6, 6.07) is 1.61. The molecule has 106 valence electrons. The first-order valence-corrected chi connectivity index (χ1v) is 5.78. The van der Waals surface area contributed by atoms with Crippen molar-refractivity contribution in [2.24, 2.45) is 0 Å². The highest BCUT2D eigenvalue weighted by molar-refractivity contribution is 5.81. The first-order chi connectivity index (χ1) is 9.36. The molecule has 1 aromatic heterocycles. The van der Waals surface area contributed by atoms with Gasteiger partial charge in [-0.05, 0) is 13.0 Å². The zero-order valence-corrected chi connectivity index (χ0v) is 10.4. The lowest BCUT2D eigenvalue weighted by Crippen LogP contribution is -2.18. The Morgan fingerprint density at radius 2 is 1.90 bits per heavy atom. The van der Waals surface area contributed by atoms with Crippen LogP contribution in [0.15, 0.2) is 16.9 Å². The summed E-state index contributed by atoms with van der Waals surface area (Å²) in [5.41, 5.74) is -1.14. The Kier molecular flexibility index (Phi) is 3.52. The molecule has 7 heteroatoms. The summed E-state index contributed by atoms with van der Waals surface area (Å²) in [5, 5.41) is 8.45. The summed E-state index contributed by atoms with van der Waals surface area (Å²) in [6.45, 7) is 1.69. The van der Waals surface area contributed by atoms with E-state index in [2.05, 4.69) is 0 Å². The van der Waals surface area contributed by atoms with Crippen LogP contribution >= 0.6 is 0 Å². The maximum atomic E-state index is 13.9. The lowest BCUT2D eigenvalue weighted by Gasteiger charge is -2.15. The second-order valence-electron chi connectivity index (χ2n) is 4.20. The van der Waals surface area contributed by atoms with Gasteiger partial charge in [0.15, 0.2) is 22.9 Å². The molecule has 0 aliphatic rings. The number of rotatable bonds is 3. The Morgan fingerprint density at radius 3 is 2.45 bits per heavy atom. The number of pyridine rings is 1. The zero-order chi connectivity index (χ0) is 15.0. The Morgan fingerprint density at radius 1 is 1.25 bits per heavy atom. The summed E-state index contributed by atoms with van der Waals surface area (Å²) in [6.07, 6.45) is -0.516. The molecule has 0 atom stereocenters. The van der Waals surface area contributed by atoms with Crippen molar-refractivity contribution < 1.29 is 23.1 Å². The molecule has 0 aliphatic carbocycles. The third kappa shape index (κ3) is 2.15. The molecule has 1 heterocycles. The van der Waals surface area contributed by atoms with Crippen LogP contribution in [0.3, 0.4) is 0 Å². The van der Waals surface area contributed by atoms with Crippen LogP contribution in [0.25, 0.3) is 10.9 Å². The van der Waals surface area contributed by atoms with Gasteiger partial charge < -0.3 is 9.67 Å². The molecule has 4 nitrogen and oxygen atoms in total. The van der Waals surface area contributed by atoms with E-state index in [1.54, 1.807) is 6.92 Å². The summed E-state index contributed by atoms with van der Waals surface area (Å²) >= 11 is 0. The summed E-state index contributed by atoms with van der Waals surface area (Å²) in [5.74, 6) is -5.85. The van der Waals surface area contributed by atoms with Crippen LogP contribution in [-0.2, 0) is 17.8 Å². The van der Waals surface area contributed by atoms with Crippen molar-refractivity contribution in [1.82, 2.24) is 4.57 Å². The number of nitrogens with zero attached hydrogens (tertiary/aromatic N) is 1. The highest BCUT2D eigenvalue weighted by atomic mass is 19.2. The van der Waals surface area contributed by atoms with Crippen LogP contribution in [0.2, 0.25) is 0 Å². The van der Waals surface area contributed by atoms with Crippen LogP contribution < -0.4 is 5.43 Å². The fourth-order valence-corrected chi connectivity index (χ4v) is 2.15. The molecular formula is C13H10F3NO3. The SMILES string of the molecule is CCn1c(CC(=O)O)cc(=O)c2cc(F)c(F)c(F)c21. The van der Waals surface area contributed by atoms with E-state index >= 15 is 0 Å². The van der Waals surface area contributed by atoms with Gasteiger partial charge in [0.2, 0.25) is 0 Å². The molecule has 0 bridgehead atoms. The lowest BCUT2D eigenvalue weighted by molar-refractivity contribution is -0.136. The molecule has 2 rings (SSSR count). The molecule has 1 aromatic carbocycles. The first-order valence-electron chi connectivity index (χ1n) is 5.78. The second kappa shape index (κ2) is 4.99. The fraction of sp³-hybridized carbons (Fsp3) is 0.231. The lowest BCUT2D eigenvalue weighted by atomic mass is 10.1. The minimum atomic E-state index is -1.69. The molecule has 0 fully saturated rings. The quantitative estimate of drug-likeness (QED) is 0.878. The number of carboxylic acids is 1. The number of aryl methyl sites for hydroxylation is 1. The van der Waals surface area contributed by atoms with Crippen molar-refractivity contribution in [2.45, 2.75) is 19.9 Å². The molecule has 0 spiro atoms. The number of aliphatic carboxylic acids is 1. The number of benzene rings is 1. The minimum Gasteiger partial charge on any atom is -0.481 e. The minimum absolute atomic E-state index is 0.0300. The smallest absolute Gasteiger partial charge is 0.309 e. The molecule has 0 radical (unpaired) electrons. The molecule has 0 unspecified atom stereocenters. The number of carbonyl (C=O) groups is 1. The van der Waals surface area contributed by atoms with Gasteiger partial charge in [-0.3, -0.25) is 9.59 Å². The number of hydrogen-bond acceptors (Lipinski definition) is 2. The summed E-state index contributed by atoms with van der Waals surface area (Å²) in [4.78, 5) is 22.5. The molecular weight excluding hydrogens is 275 g/mol. The van der Waals surface area contributed by atoms with Gasteiger partial charge in [0, 0.05) is 18.3 Å². The van der Waals surface area contributed by atoms with Gasteiger partial charge in [0.1, 0.15) is 0 Å². The standard InChI is InChI=1S/C13H10F3NO3/c1-2-17-6(4-10(19)20)3-9(18)7-5-8(14)11(15)12(16)13(7)17/h3,5H,2,4H2,1H3,(H,19,20). The number of fused-ring (bicyclic) bond motifs is 1. The predicted octanol–water partition coefficient (Wildman–Crippen LogP) is 2.07. The Balaban J connectivity index is 2.95. The van der Waals surface area contributed by atoms with Gasteiger partial charge in [-0.15, -0.1) is 0 Å². The zero-order valence-electron chi connectivity index (χ0n) is 10.4. The van der Waals surface area contributed by atoms with E-state index in [0.29, 0.717) is 6.07 Å². The van der Waals surface area contributed by atoms with E-state index in [4.69, 9.17) is 5.11 Å². The number of carboxylic acid groups (broad SMARTS) is 1. The van der Waals surface area contributed by atoms with Crippen LogP contribution in [0.1, 0.15) is 12.6 Å². The van der Waals surface area contributed by atoms with Crippen molar-refractivity contribution in [3.05, 3.63) is 45.5 Å². The summed E-state index contributed by atoms with van der Waals surface area (Å²) in [7, 11) is 0. The van der Waals surface area contributed by atoms with Crippen LogP contribution in [0.5, 0.6) is 0 Å². The van der Waals surface area contributed by atoms with E-state index in [0.717, 1.165) is 10.6 Å². The fourth-order valence-electron chi connectivity index (χ4n) is 2.15. The van der Waals surface area contributed by atoms with Gasteiger partial charge in [0.25, 0.3) is 0 Å². The van der Waals surface area contributed by atoms with Crippen molar-refractivity contribution in [3.8, 4) is 0 Å². The van der Waals surface area contributed by atoms with Gasteiger partial charge in [-0.25, -0.2) is 13.2 Å². The molecule has 1 N–H and O–H groups in total. The van der Waals surface area contributed by atoms with Crippen molar-refractivity contribution >= 4 is 16.9 Å². The second-order valence-corrected chi connectivity index (χ2v) is 4.20. The average molecular weight is 285 g/mol. The Hall–Kier alpha value is -2.31. The largest absolute Gasteiger partial charge is 0.481 e. The molecule has 2 aromatic rings. The van der Waals surface area contributed by atoms with E-state index in [9.17, 15) is 22.8 Å². The average Bonchev–Trinajstić information content (AvgIpc) is 2.37. The third-order valence-electron chi connectivity index (χ3n) is 2.96. The molecule has 20 heavy (non-hydrogen) atoms. The first kappa shape index (κ1) is 14.1. The number of hydrogen-bond donors (Lipinski definition) is 1. The van der Waals surface area contributed by atoms with Gasteiger partial charge in [-0.1, -0.05) is 0 Å². The topological polar surface area (TPSA) is 59.3 Å². The summed E-state index contributed by atoms with van der Waals surface area (Å²) < 4.78 is 41.5. The van der Waals surface area contributed by atoms with E-state index in [1.807, 2.05) is 0 Å². The molecule has 0 saturated carbocycles. The maximum absolute atomic E-state index is 13.9. The maximum Gasteiger partial charge on any atom is 0.309 e. The number of halogens is 3.